The van der Waals surface area contributed by atoms with Crippen molar-refractivity contribution in [2.45, 2.75) is 94.7 Å². The van der Waals surface area contributed by atoms with Gasteiger partial charge in [-0.05, 0) is 62.1 Å². The second-order valence-electron chi connectivity index (χ2n) is 9.08. The van der Waals surface area contributed by atoms with Crippen LogP contribution in [0.15, 0.2) is 23.1 Å². The van der Waals surface area contributed by atoms with Gasteiger partial charge in [0.2, 0.25) is 0 Å². The predicted molar refractivity (Wildman–Crippen MR) is 112 cm³/mol. The number of hydrogen-bond acceptors (Lipinski definition) is 4. The van der Waals surface area contributed by atoms with E-state index < -0.39 is 15.9 Å². The van der Waals surface area contributed by atoms with Crippen molar-refractivity contribution < 1.29 is 18.3 Å². The average molecular weight is 409 g/mol. The van der Waals surface area contributed by atoms with E-state index >= 15 is 0 Å². The standard InChI is InChI=1S/C23H36O4S/c1-17-7-3-4-8-18(12-11-17)15-22(24)21-16-20(28(2,25)26)13-14-23(21)27-19-9-5-6-10-19/h13-14,16-19,22,24H,3-12,15H2,1-2H3. The molecule has 0 bridgehead atoms. The Bertz CT molecular complexity index is 737. The summed E-state index contributed by atoms with van der Waals surface area (Å²) in [6, 6.07) is 4.98. The largest absolute Gasteiger partial charge is 0.490 e. The van der Waals surface area contributed by atoms with Crippen LogP contribution in [-0.4, -0.2) is 25.9 Å². The molecular weight excluding hydrogens is 372 g/mol. The first-order valence-electron chi connectivity index (χ1n) is 11.0. The number of aliphatic hydroxyl groups excluding tert-OH is 1. The monoisotopic (exact) mass is 408 g/mol. The van der Waals surface area contributed by atoms with E-state index in [1.54, 1.807) is 18.2 Å². The van der Waals surface area contributed by atoms with Crippen molar-refractivity contribution in [1.82, 2.24) is 0 Å². The number of benzene rings is 1. The zero-order chi connectivity index (χ0) is 20.1. The minimum absolute atomic E-state index is 0.178. The van der Waals surface area contributed by atoms with Gasteiger partial charge in [0, 0.05) is 11.8 Å². The average Bonchev–Trinajstić information content (AvgIpc) is 3.13. The van der Waals surface area contributed by atoms with Crippen LogP contribution >= 0.6 is 0 Å². The van der Waals surface area contributed by atoms with Crippen molar-refractivity contribution in [3.05, 3.63) is 23.8 Å². The van der Waals surface area contributed by atoms with E-state index in [1.165, 1.54) is 44.8 Å². The van der Waals surface area contributed by atoms with Crippen molar-refractivity contribution in [2.24, 2.45) is 11.8 Å². The van der Waals surface area contributed by atoms with Crippen molar-refractivity contribution >= 4 is 9.84 Å². The highest BCUT2D eigenvalue weighted by atomic mass is 32.2. The summed E-state index contributed by atoms with van der Waals surface area (Å²) in [5.41, 5.74) is 0.643. The van der Waals surface area contributed by atoms with Gasteiger partial charge >= 0.3 is 0 Å². The molecule has 5 heteroatoms. The molecule has 158 valence electrons. The Hall–Kier alpha value is -1.07. The molecule has 0 heterocycles. The third-order valence-electron chi connectivity index (χ3n) is 6.55. The lowest BCUT2D eigenvalue weighted by atomic mass is 9.83. The number of hydrogen-bond donors (Lipinski definition) is 1. The van der Waals surface area contributed by atoms with Gasteiger partial charge in [0.1, 0.15) is 5.75 Å². The van der Waals surface area contributed by atoms with Crippen molar-refractivity contribution in [3.8, 4) is 5.75 Å². The van der Waals surface area contributed by atoms with E-state index in [9.17, 15) is 13.5 Å². The van der Waals surface area contributed by atoms with Crippen LogP contribution in [0, 0.1) is 11.8 Å². The number of rotatable bonds is 6. The van der Waals surface area contributed by atoms with Crippen molar-refractivity contribution in [3.63, 3.8) is 0 Å². The van der Waals surface area contributed by atoms with Crippen LogP contribution in [0.5, 0.6) is 5.75 Å². The Balaban J connectivity index is 1.79. The van der Waals surface area contributed by atoms with E-state index in [-0.39, 0.29) is 11.0 Å². The summed E-state index contributed by atoms with van der Waals surface area (Å²) in [6.45, 7) is 2.32. The van der Waals surface area contributed by atoms with E-state index in [0.29, 0.717) is 23.7 Å². The molecule has 3 atom stereocenters. The number of ether oxygens (including phenoxy) is 1. The minimum Gasteiger partial charge on any atom is -0.490 e. The minimum atomic E-state index is -3.32. The van der Waals surface area contributed by atoms with E-state index in [0.717, 1.165) is 31.6 Å². The lowest BCUT2D eigenvalue weighted by molar-refractivity contribution is 0.123. The summed E-state index contributed by atoms with van der Waals surface area (Å²) in [6.07, 6.45) is 13.1. The molecule has 2 saturated carbocycles. The van der Waals surface area contributed by atoms with Gasteiger partial charge in [0.15, 0.2) is 9.84 Å². The lowest BCUT2D eigenvalue weighted by Crippen LogP contribution is -2.16. The molecular formula is C23H36O4S. The summed E-state index contributed by atoms with van der Waals surface area (Å²) in [5, 5.41) is 11.1. The highest BCUT2D eigenvalue weighted by molar-refractivity contribution is 7.90. The quantitative estimate of drug-likeness (QED) is 0.680. The second kappa shape index (κ2) is 9.62. The van der Waals surface area contributed by atoms with Crippen molar-refractivity contribution in [2.75, 3.05) is 6.26 Å². The van der Waals surface area contributed by atoms with Gasteiger partial charge in [-0.3, -0.25) is 0 Å². The molecule has 0 aliphatic heterocycles. The van der Waals surface area contributed by atoms with Gasteiger partial charge in [-0.15, -0.1) is 0 Å². The van der Waals surface area contributed by atoms with E-state index in [4.69, 9.17) is 4.74 Å². The van der Waals surface area contributed by atoms with Gasteiger partial charge < -0.3 is 9.84 Å². The zero-order valence-electron chi connectivity index (χ0n) is 17.4. The first-order chi connectivity index (χ1) is 13.3. The number of sulfone groups is 1. The summed E-state index contributed by atoms with van der Waals surface area (Å²) in [7, 11) is -3.32. The normalized spacial score (nSPS) is 25.8. The molecule has 0 saturated heterocycles. The summed E-state index contributed by atoms with van der Waals surface area (Å²) < 4.78 is 30.3. The summed E-state index contributed by atoms with van der Waals surface area (Å²) in [4.78, 5) is 0.256. The Labute approximate surface area is 170 Å². The smallest absolute Gasteiger partial charge is 0.175 e. The molecule has 1 aromatic carbocycles. The molecule has 0 amide bonds. The van der Waals surface area contributed by atoms with Crippen LogP contribution in [0.2, 0.25) is 0 Å². The van der Waals surface area contributed by atoms with Gasteiger partial charge in [0.05, 0.1) is 17.1 Å². The first-order valence-corrected chi connectivity index (χ1v) is 12.9. The highest BCUT2D eigenvalue weighted by Crippen LogP contribution is 2.37. The fraction of sp³-hybridized carbons (Fsp3) is 0.739. The van der Waals surface area contributed by atoms with Crippen LogP contribution in [0.3, 0.4) is 0 Å². The molecule has 4 nitrogen and oxygen atoms in total. The van der Waals surface area contributed by atoms with Crippen LogP contribution in [0.1, 0.15) is 89.2 Å². The molecule has 2 aliphatic rings. The Morgan fingerprint density at radius 2 is 1.71 bits per heavy atom. The fourth-order valence-corrected chi connectivity index (χ4v) is 5.38. The van der Waals surface area contributed by atoms with Gasteiger partial charge in [-0.25, -0.2) is 8.42 Å². The molecule has 28 heavy (non-hydrogen) atoms. The second-order valence-corrected chi connectivity index (χ2v) is 11.1. The highest BCUT2D eigenvalue weighted by Gasteiger charge is 2.25. The first kappa shape index (κ1) is 21.6. The van der Waals surface area contributed by atoms with Gasteiger partial charge in [-0.1, -0.05) is 45.4 Å². The molecule has 3 rings (SSSR count). The third kappa shape index (κ3) is 5.96. The molecule has 0 aromatic heterocycles. The maximum absolute atomic E-state index is 12.1. The fourth-order valence-electron chi connectivity index (χ4n) is 4.72. The Morgan fingerprint density at radius 3 is 2.43 bits per heavy atom. The Kier molecular flexibility index (Phi) is 7.43. The molecule has 1 aromatic rings. The van der Waals surface area contributed by atoms with Crippen LogP contribution in [-0.2, 0) is 9.84 Å². The lowest BCUT2D eigenvalue weighted by Gasteiger charge is -2.26. The van der Waals surface area contributed by atoms with Crippen LogP contribution < -0.4 is 4.74 Å². The Morgan fingerprint density at radius 1 is 1.04 bits per heavy atom. The topological polar surface area (TPSA) is 63.6 Å². The predicted octanol–water partition coefficient (Wildman–Crippen LogP) is 5.44. The molecule has 2 fully saturated rings. The van der Waals surface area contributed by atoms with E-state index in [1.807, 2.05) is 0 Å². The van der Waals surface area contributed by atoms with Crippen molar-refractivity contribution in [1.29, 1.82) is 0 Å². The summed E-state index contributed by atoms with van der Waals surface area (Å²) >= 11 is 0. The SMILES string of the molecule is CC1CCCCC(CC(O)c2cc(S(C)(=O)=O)ccc2OC2CCCC2)CC1. The molecule has 0 radical (unpaired) electrons. The number of aliphatic hydroxyl groups is 1. The van der Waals surface area contributed by atoms with Gasteiger partial charge in [0.25, 0.3) is 0 Å². The molecule has 2 aliphatic carbocycles. The van der Waals surface area contributed by atoms with Crippen LogP contribution in [0.25, 0.3) is 0 Å². The van der Waals surface area contributed by atoms with E-state index in [2.05, 4.69) is 6.92 Å². The zero-order valence-corrected chi connectivity index (χ0v) is 18.2. The molecule has 0 spiro atoms. The molecule has 1 N–H and O–H groups in total. The maximum Gasteiger partial charge on any atom is 0.175 e. The third-order valence-corrected chi connectivity index (χ3v) is 7.66. The summed E-state index contributed by atoms with van der Waals surface area (Å²) in [5.74, 6) is 1.90. The van der Waals surface area contributed by atoms with Crippen LogP contribution in [0.4, 0.5) is 0 Å². The maximum atomic E-state index is 12.1. The van der Waals surface area contributed by atoms with Gasteiger partial charge in [-0.2, -0.15) is 0 Å². The molecule has 3 unspecified atom stereocenters.